The molecule has 0 bridgehead atoms. The fourth-order valence-corrected chi connectivity index (χ4v) is 3.01. The zero-order valence-corrected chi connectivity index (χ0v) is 14.1. The molecule has 3 unspecified atom stereocenters. The van der Waals surface area contributed by atoms with Crippen LogP contribution in [0.2, 0.25) is 0 Å². The molecule has 2 fully saturated rings. The SMILES string of the molecule is CN1C(=O)C2ON(C(=O)OC(C)(C)C)C(c3ccccc3)C2C1=O. The summed E-state index contributed by atoms with van der Waals surface area (Å²) in [5, 5.41) is 1.03. The van der Waals surface area contributed by atoms with Gasteiger partial charge in [-0.25, -0.2) is 4.79 Å². The Balaban J connectivity index is 1.99. The molecule has 128 valence electrons. The summed E-state index contributed by atoms with van der Waals surface area (Å²) in [6.07, 6.45) is -1.71. The van der Waals surface area contributed by atoms with Crippen molar-refractivity contribution < 1.29 is 24.0 Å². The summed E-state index contributed by atoms with van der Waals surface area (Å²) in [4.78, 5) is 43.8. The van der Waals surface area contributed by atoms with Crippen LogP contribution in [0.15, 0.2) is 30.3 Å². The molecule has 2 aliphatic heterocycles. The summed E-state index contributed by atoms with van der Waals surface area (Å²) in [5.74, 6) is -1.57. The first-order chi connectivity index (χ1) is 11.2. The number of ether oxygens (including phenoxy) is 1. The highest BCUT2D eigenvalue weighted by Crippen LogP contribution is 2.44. The van der Waals surface area contributed by atoms with Crippen molar-refractivity contribution in [3.05, 3.63) is 35.9 Å². The molecule has 3 rings (SSSR count). The molecule has 0 N–H and O–H groups in total. The molecular weight excluding hydrogens is 312 g/mol. The number of likely N-dealkylation sites (tertiary alicyclic amines) is 1. The predicted octanol–water partition coefficient (Wildman–Crippen LogP) is 1.89. The number of nitrogens with zero attached hydrogens (tertiary/aromatic N) is 2. The van der Waals surface area contributed by atoms with E-state index in [4.69, 9.17) is 9.57 Å². The van der Waals surface area contributed by atoms with Gasteiger partial charge in [-0.15, -0.1) is 0 Å². The van der Waals surface area contributed by atoms with Crippen LogP contribution in [0.5, 0.6) is 0 Å². The number of benzene rings is 1. The predicted molar refractivity (Wildman–Crippen MR) is 83.4 cm³/mol. The number of hydrogen-bond donors (Lipinski definition) is 0. The third kappa shape index (κ3) is 2.65. The molecule has 0 aliphatic carbocycles. The lowest BCUT2D eigenvalue weighted by Gasteiger charge is -2.29. The van der Waals surface area contributed by atoms with Gasteiger partial charge in [-0.05, 0) is 26.3 Å². The van der Waals surface area contributed by atoms with Crippen LogP contribution in [0, 0.1) is 5.92 Å². The van der Waals surface area contributed by atoms with Crippen LogP contribution in [0.1, 0.15) is 32.4 Å². The van der Waals surface area contributed by atoms with Crippen LogP contribution in [0.4, 0.5) is 4.79 Å². The van der Waals surface area contributed by atoms with Crippen molar-refractivity contribution in [3.8, 4) is 0 Å². The van der Waals surface area contributed by atoms with Crippen molar-refractivity contribution in [2.75, 3.05) is 7.05 Å². The van der Waals surface area contributed by atoms with E-state index in [9.17, 15) is 14.4 Å². The largest absolute Gasteiger partial charge is 0.442 e. The maximum absolute atomic E-state index is 12.5. The minimum Gasteiger partial charge on any atom is -0.442 e. The molecular formula is C17H20N2O5. The first kappa shape index (κ1) is 16.4. The van der Waals surface area contributed by atoms with Crippen LogP contribution in [0.3, 0.4) is 0 Å². The van der Waals surface area contributed by atoms with Crippen LogP contribution < -0.4 is 0 Å². The smallest absolute Gasteiger partial charge is 0.435 e. The summed E-state index contributed by atoms with van der Waals surface area (Å²) < 4.78 is 5.36. The third-order valence-corrected chi connectivity index (χ3v) is 4.05. The Hall–Kier alpha value is -2.41. The Morgan fingerprint density at radius 1 is 1.12 bits per heavy atom. The first-order valence-electron chi connectivity index (χ1n) is 7.76. The van der Waals surface area contributed by atoms with Gasteiger partial charge in [-0.1, -0.05) is 30.3 Å². The van der Waals surface area contributed by atoms with Gasteiger partial charge in [0, 0.05) is 7.05 Å². The van der Waals surface area contributed by atoms with Crippen LogP contribution >= 0.6 is 0 Å². The molecule has 1 aromatic rings. The fourth-order valence-electron chi connectivity index (χ4n) is 3.01. The normalized spacial score (nSPS) is 26.8. The molecule has 2 saturated heterocycles. The van der Waals surface area contributed by atoms with Gasteiger partial charge in [0.2, 0.25) is 5.91 Å². The first-order valence-corrected chi connectivity index (χ1v) is 7.76. The van der Waals surface area contributed by atoms with E-state index in [-0.39, 0.29) is 5.91 Å². The number of fused-ring (bicyclic) bond motifs is 1. The van der Waals surface area contributed by atoms with Crippen molar-refractivity contribution >= 4 is 17.9 Å². The van der Waals surface area contributed by atoms with E-state index in [0.717, 1.165) is 9.96 Å². The molecule has 2 heterocycles. The van der Waals surface area contributed by atoms with Gasteiger partial charge in [0.1, 0.15) is 17.6 Å². The molecule has 24 heavy (non-hydrogen) atoms. The highest BCUT2D eigenvalue weighted by atomic mass is 16.7. The number of hydrogen-bond acceptors (Lipinski definition) is 5. The van der Waals surface area contributed by atoms with Gasteiger partial charge in [0.05, 0.1) is 0 Å². The number of rotatable bonds is 1. The van der Waals surface area contributed by atoms with Crippen molar-refractivity contribution in [2.24, 2.45) is 5.92 Å². The standard InChI is InChI=1S/C17H20N2O5/c1-17(2,3)23-16(22)19-12(10-8-6-5-7-9-10)11-13(24-19)15(21)18(4)14(11)20/h5-9,11-13H,1-4H3. The number of amides is 3. The monoisotopic (exact) mass is 332 g/mol. The highest BCUT2D eigenvalue weighted by Gasteiger charge is 2.60. The number of imide groups is 1. The molecule has 0 aromatic heterocycles. The van der Waals surface area contributed by atoms with Crippen LogP contribution in [-0.4, -0.2) is 46.6 Å². The lowest BCUT2D eigenvalue weighted by atomic mass is 9.91. The van der Waals surface area contributed by atoms with Crippen LogP contribution in [-0.2, 0) is 19.2 Å². The fraction of sp³-hybridized carbons (Fsp3) is 0.471. The molecule has 0 saturated carbocycles. The molecule has 3 atom stereocenters. The number of hydroxylamine groups is 2. The summed E-state index contributed by atoms with van der Waals surface area (Å²) in [6, 6.07) is 8.34. The Kier molecular flexibility index (Phi) is 3.83. The highest BCUT2D eigenvalue weighted by molar-refractivity contribution is 6.07. The van der Waals surface area contributed by atoms with E-state index < -0.39 is 35.7 Å². The summed E-state index contributed by atoms with van der Waals surface area (Å²) in [6.45, 7) is 5.22. The van der Waals surface area contributed by atoms with Gasteiger partial charge < -0.3 is 4.74 Å². The maximum Gasteiger partial charge on any atom is 0.435 e. The Bertz CT molecular complexity index is 682. The Morgan fingerprint density at radius 3 is 2.33 bits per heavy atom. The van der Waals surface area contributed by atoms with E-state index in [0.29, 0.717) is 5.56 Å². The zero-order chi connectivity index (χ0) is 17.6. The molecule has 0 radical (unpaired) electrons. The lowest BCUT2D eigenvalue weighted by molar-refractivity contribution is -0.169. The van der Waals surface area contributed by atoms with E-state index in [1.807, 2.05) is 6.07 Å². The van der Waals surface area contributed by atoms with Gasteiger partial charge in [-0.3, -0.25) is 19.3 Å². The van der Waals surface area contributed by atoms with E-state index in [2.05, 4.69) is 0 Å². The average molecular weight is 332 g/mol. The van der Waals surface area contributed by atoms with E-state index >= 15 is 0 Å². The van der Waals surface area contributed by atoms with E-state index in [1.54, 1.807) is 45.0 Å². The second-order valence-corrected chi connectivity index (χ2v) is 6.95. The topological polar surface area (TPSA) is 76.2 Å². The second-order valence-electron chi connectivity index (χ2n) is 6.95. The molecule has 2 aliphatic rings. The van der Waals surface area contributed by atoms with Crippen molar-refractivity contribution in [1.82, 2.24) is 9.96 Å². The van der Waals surface area contributed by atoms with Crippen LogP contribution in [0.25, 0.3) is 0 Å². The zero-order valence-electron chi connectivity index (χ0n) is 14.1. The molecule has 0 spiro atoms. The minimum absolute atomic E-state index is 0.357. The summed E-state index contributed by atoms with van der Waals surface area (Å²) >= 11 is 0. The molecule has 7 heteroatoms. The van der Waals surface area contributed by atoms with Gasteiger partial charge in [0.15, 0.2) is 6.10 Å². The van der Waals surface area contributed by atoms with E-state index in [1.165, 1.54) is 7.05 Å². The van der Waals surface area contributed by atoms with Crippen molar-refractivity contribution in [1.29, 1.82) is 0 Å². The third-order valence-electron chi connectivity index (χ3n) is 4.05. The lowest BCUT2D eigenvalue weighted by Crippen LogP contribution is -2.40. The number of likely N-dealkylation sites (N-methyl/N-ethyl adjacent to an activating group) is 1. The Labute approximate surface area is 140 Å². The van der Waals surface area contributed by atoms with Gasteiger partial charge >= 0.3 is 6.09 Å². The minimum atomic E-state index is -1.000. The average Bonchev–Trinajstić information content (AvgIpc) is 3.00. The maximum atomic E-state index is 12.5. The summed E-state index contributed by atoms with van der Waals surface area (Å²) in [5.41, 5.74) is -0.00296. The Morgan fingerprint density at radius 2 is 1.75 bits per heavy atom. The van der Waals surface area contributed by atoms with Gasteiger partial charge in [0.25, 0.3) is 5.91 Å². The number of carbonyl (C=O) groups excluding carboxylic acids is 3. The van der Waals surface area contributed by atoms with Gasteiger partial charge in [-0.2, -0.15) is 5.06 Å². The summed E-state index contributed by atoms with van der Waals surface area (Å²) in [7, 11) is 1.42. The second kappa shape index (κ2) is 5.59. The molecule has 3 amide bonds. The molecule has 1 aromatic carbocycles. The van der Waals surface area contributed by atoms with Crippen molar-refractivity contribution in [2.45, 2.75) is 38.5 Å². The van der Waals surface area contributed by atoms with Crippen molar-refractivity contribution in [3.63, 3.8) is 0 Å². The molecule has 7 nitrogen and oxygen atoms in total. The number of carbonyl (C=O) groups is 3. The quantitative estimate of drug-likeness (QED) is 0.734.